The summed E-state index contributed by atoms with van der Waals surface area (Å²) in [6.07, 6.45) is 3.90. The molecule has 2 atom stereocenters. The van der Waals surface area contributed by atoms with Crippen LogP contribution in [0.4, 0.5) is 0 Å². The van der Waals surface area contributed by atoms with E-state index in [1.807, 2.05) is 12.1 Å². The van der Waals surface area contributed by atoms with Crippen LogP contribution in [0.15, 0.2) is 29.4 Å². The van der Waals surface area contributed by atoms with Gasteiger partial charge >= 0.3 is 0 Å². The van der Waals surface area contributed by atoms with Gasteiger partial charge in [0, 0.05) is 24.2 Å². The van der Waals surface area contributed by atoms with Gasteiger partial charge in [0.1, 0.15) is 0 Å². The predicted molar refractivity (Wildman–Crippen MR) is 77.3 cm³/mol. The first-order valence-electron chi connectivity index (χ1n) is 6.94. The van der Waals surface area contributed by atoms with Crippen LogP contribution in [0.2, 0.25) is 0 Å². The molecule has 0 amide bonds. The molecule has 0 spiro atoms. The van der Waals surface area contributed by atoms with Gasteiger partial charge in [-0.1, -0.05) is 35.8 Å². The molecule has 2 rings (SSSR count). The summed E-state index contributed by atoms with van der Waals surface area (Å²) >= 11 is 0. The van der Waals surface area contributed by atoms with E-state index in [1.165, 1.54) is 24.8 Å². The van der Waals surface area contributed by atoms with E-state index in [9.17, 15) is 0 Å². The minimum absolute atomic E-state index is 0.159. The second-order valence-electron chi connectivity index (χ2n) is 5.48. The van der Waals surface area contributed by atoms with Crippen LogP contribution in [-0.2, 0) is 6.54 Å². The van der Waals surface area contributed by atoms with Crippen molar-refractivity contribution in [2.24, 2.45) is 10.9 Å². The van der Waals surface area contributed by atoms with Gasteiger partial charge in [-0.2, -0.15) is 0 Å². The first-order chi connectivity index (χ1) is 9.11. The van der Waals surface area contributed by atoms with Gasteiger partial charge in [-0.3, -0.25) is 4.90 Å². The summed E-state index contributed by atoms with van der Waals surface area (Å²) < 4.78 is 0. The number of likely N-dealkylation sites (tertiary alicyclic amines) is 1. The lowest BCUT2D eigenvalue weighted by molar-refractivity contribution is 0.0953. The SMILES string of the molecule is CC1CCCC(C)N1Cc1ccc(/C(N)=N/O)cc1. The number of nitrogens with zero attached hydrogens (tertiary/aromatic N) is 2. The fourth-order valence-corrected chi connectivity index (χ4v) is 2.84. The van der Waals surface area contributed by atoms with Crippen molar-refractivity contribution in [1.82, 2.24) is 4.90 Å². The molecule has 3 N–H and O–H groups in total. The molecular formula is C15H23N3O. The number of oxime groups is 1. The number of hydrogen-bond acceptors (Lipinski definition) is 3. The molecular weight excluding hydrogens is 238 g/mol. The monoisotopic (exact) mass is 261 g/mol. The molecule has 0 bridgehead atoms. The molecule has 104 valence electrons. The Bertz CT molecular complexity index is 431. The molecule has 4 heteroatoms. The Hall–Kier alpha value is -1.55. The number of amidine groups is 1. The summed E-state index contributed by atoms with van der Waals surface area (Å²) in [5.74, 6) is 0.159. The Morgan fingerprint density at radius 3 is 2.37 bits per heavy atom. The number of piperidine rings is 1. The van der Waals surface area contributed by atoms with E-state index in [-0.39, 0.29) is 5.84 Å². The maximum atomic E-state index is 8.64. The molecule has 0 saturated carbocycles. The lowest BCUT2D eigenvalue weighted by Gasteiger charge is -2.39. The summed E-state index contributed by atoms with van der Waals surface area (Å²) in [4.78, 5) is 2.56. The fraction of sp³-hybridized carbons (Fsp3) is 0.533. The Labute approximate surface area is 114 Å². The number of hydrogen-bond donors (Lipinski definition) is 2. The average molecular weight is 261 g/mol. The van der Waals surface area contributed by atoms with Crippen LogP contribution in [-0.4, -0.2) is 28.0 Å². The van der Waals surface area contributed by atoms with Crippen molar-refractivity contribution in [3.8, 4) is 0 Å². The van der Waals surface area contributed by atoms with Crippen molar-refractivity contribution in [3.05, 3.63) is 35.4 Å². The molecule has 1 aromatic carbocycles. The van der Waals surface area contributed by atoms with E-state index in [1.54, 1.807) is 0 Å². The topological polar surface area (TPSA) is 61.8 Å². The first-order valence-corrected chi connectivity index (χ1v) is 6.94. The second kappa shape index (κ2) is 6.06. The minimum Gasteiger partial charge on any atom is -0.409 e. The van der Waals surface area contributed by atoms with Gasteiger partial charge in [0.05, 0.1) is 0 Å². The van der Waals surface area contributed by atoms with Gasteiger partial charge in [-0.15, -0.1) is 0 Å². The van der Waals surface area contributed by atoms with E-state index < -0.39 is 0 Å². The predicted octanol–water partition coefficient (Wildman–Crippen LogP) is 2.54. The minimum atomic E-state index is 0.159. The largest absolute Gasteiger partial charge is 0.409 e. The highest BCUT2D eigenvalue weighted by Crippen LogP contribution is 2.24. The smallest absolute Gasteiger partial charge is 0.170 e. The highest BCUT2D eigenvalue weighted by molar-refractivity contribution is 5.96. The summed E-state index contributed by atoms with van der Waals surface area (Å²) in [6, 6.07) is 9.22. The molecule has 0 aromatic heterocycles. The van der Waals surface area contributed by atoms with Gasteiger partial charge in [0.25, 0.3) is 0 Å². The van der Waals surface area contributed by atoms with Crippen LogP contribution in [0, 0.1) is 0 Å². The maximum Gasteiger partial charge on any atom is 0.170 e. The number of nitrogens with two attached hydrogens (primary N) is 1. The summed E-state index contributed by atoms with van der Waals surface area (Å²) in [7, 11) is 0. The molecule has 19 heavy (non-hydrogen) atoms. The third kappa shape index (κ3) is 3.26. The average Bonchev–Trinajstić information content (AvgIpc) is 2.43. The zero-order valence-electron chi connectivity index (χ0n) is 11.7. The summed E-state index contributed by atoms with van der Waals surface area (Å²) in [6.45, 7) is 5.58. The third-order valence-corrected chi connectivity index (χ3v) is 4.10. The van der Waals surface area contributed by atoms with E-state index in [0.29, 0.717) is 12.1 Å². The zero-order valence-corrected chi connectivity index (χ0v) is 11.7. The Balaban J connectivity index is 2.06. The molecule has 1 aromatic rings. The molecule has 2 unspecified atom stereocenters. The highest BCUT2D eigenvalue weighted by atomic mass is 16.4. The van der Waals surface area contributed by atoms with Crippen LogP contribution in [0.3, 0.4) is 0 Å². The number of rotatable bonds is 3. The maximum absolute atomic E-state index is 8.64. The quantitative estimate of drug-likeness (QED) is 0.380. The lowest BCUT2D eigenvalue weighted by atomic mass is 9.96. The van der Waals surface area contributed by atoms with Crippen molar-refractivity contribution in [2.45, 2.75) is 51.7 Å². The van der Waals surface area contributed by atoms with Crippen LogP contribution in [0.5, 0.6) is 0 Å². The second-order valence-corrected chi connectivity index (χ2v) is 5.48. The fourth-order valence-electron chi connectivity index (χ4n) is 2.84. The lowest BCUT2D eigenvalue weighted by Crippen LogP contribution is -2.42. The van der Waals surface area contributed by atoms with Crippen LogP contribution in [0.1, 0.15) is 44.2 Å². The van der Waals surface area contributed by atoms with Crippen molar-refractivity contribution in [3.63, 3.8) is 0 Å². The standard InChI is InChI=1S/C15H23N3O/c1-11-4-3-5-12(2)18(11)10-13-6-8-14(9-7-13)15(16)17-19/h6-9,11-12,19H,3-5,10H2,1-2H3,(H2,16,17). The molecule has 1 aliphatic heterocycles. The van der Waals surface area contributed by atoms with Crippen LogP contribution < -0.4 is 5.73 Å². The van der Waals surface area contributed by atoms with Gasteiger partial charge < -0.3 is 10.9 Å². The molecule has 0 aliphatic carbocycles. The van der Waals surface area contributed by atoms with Gasteiger partial charge in [0.2, 0.25) is 0 Å². The molecule has 1 saturated heterocycles. The van der Waals surface area contributed by atoms with Crippen molar-refractivity contribution in [2.75, 3.05) is 0 Å². The zero-order chi connectivity index (χ0) is 13.8. The Kier molecular flexibility index (Phi) is 4.43. The molecule has 1 heterocycles. The Morgan fingerprint density at radius 1 is 1.26 bits per heavy atom. The van der Waals surface area contributed by atoms with E-state index in [4.69, 9.17) is 10.9 Å². The van der Waals surface area contributed by atoms with Crippen molar-refractivity contribution >= 4 is 5.84 Å². The van der Waals surface area contributed by atoms with Crippen LogP contribution >= 0.6 is 0 Å². The normalized spacial score (nSPS) is 25.5. The van der Waals surface area contributed by atoms with Crippen molar-refractivity contribution in [1.29, 1.82) is 0 Å². The van der Waals surface area contributed by atoms with E-state index in [2.05, 4.69) is 36.0 Å². The van der Waals surface area contributed by atoms with Gasteiger partial charge in [-0.05, 0) is 32.3 Å². The van der Waals surface area contributed by atoms with Gasteiger partial charge in [-0.25, -0.2) is 0 Å². The Morgan fingerprint density at radius 2 is 1.84 bits per heavy atom. The number of benzene rings is 1. The van der Waals surface area contributed by atoms with Crippen molar-refractivity contribution < 1.29 is 5.21 Å². The molecule has 0 radical (unpaired) electrons. The third-order valence-electron chi connectivity index (χ3n) is 4.10. The molecule has 4 nitrogen and oxygen atoms in total. The van der Waals surface area contributed by atoms with Gasteiger partial charge in [0.15, 0.2) is 5.84 Å². The van der Waals surface area contributed by atoms with Crippen LogP contribution in [0.25, 0.3) is 0 Å². The molecule has 1 aliphatic rings. The summed E-state index contributed by atoms with van der Waals surface area (Å²) in [5.41, 5.74) is 7.59. The summed E-state index contributed by atoms with van der Waals surface area (Å²) in [5, 5.41) is 11.7. The first kappa shape index (κ1) is 13.9. The van der Waals surface area contributed by atoms with E-state index >= 15 is 0 Å². The van der Waals surface area contributed by atoms with E-state index in [0.717, 1.165) is 12.1 Å². The molecule has 1 fully saturated rings. The highest BCUT2D eigenvalue weighted by Gasteiger charge is 2.24.